The van der Waals surface area contributed by atoms with Gasteiger partial charge in [-0.25, -0.2) is 4.39 Å². The van der Waals surface area contributed by atoms with Crippen LogP contribution in [0.4, 0.5) is 10.1 Å². The molecular formula is C23H26ClFN4O2. The van der Waals surface area contributed by atoms with Crippen LogP contribution in [-0.2, 0) is 16.1 Å². The van der Waals surface area contributed by atoms with Gasteiger partial charge in [0.05, 0.1) is 12.5 Å². The van der Waals surface area contributed by atoms with E-state index in [1.165, 1.54) is 6.07 Å². The number of benzene rings is 2. The maximum absolute atomic E-state index is 14.1. The molecule has 2 amide bonds. The molecule has 2 aromatic carbocycles. The molecule has 2 aliphatic rings. The second-order valence-corrected chi connectivity index (χ2v) is 8.35. The number of hydrogen-bond donors (Lipinski definition) is 1. The van der Waals surface area contributed by atoms with Crippen LogP contribution in [0.15, 0.2) is 48.5 Å². The Bertz CT molecular complexity index is 931. The van der Waals surface area contributed by atoms with Gasteiger partial charge in [-0.15, -0.1) is 0 Å². The molecule has 1 atom stereocenters. The van der Waals surface area contributed by atoms with Gasteiger partial charge in [0.2, 0.25) is 11.8 Å². The number of nitrogens with one attached hydrogen (secondary N) is 1. The Kier molecular flexibility index (Phi) is 6.73. The van der Waals surface area contributed by atoms with Crippen molar-refractivity contribution in [3.63, 3.8) is 0 Å². The van der Waals surface area contributed by atoms with Gasteiger partial charge in [-0.3, -0.25) is 14.5 Å². The summed E-state index contributed by atoms with van der Waals surface area (Å²) in [6.45, 7) is 4.04. The second-order valence-electron chi connectivity index (χ2n) is 7.92. The van der Waals surface area contributed by atoms with Crippen molar-refractivity contribution in [3.8, 4) is 0 Å². The minimum Gasteiger partial charge on any atom is -0.368 e. The summed E-state index contributed by atoms with van der Waals surface area (Å²) in [5, 5.41) is 3.54. The summed E-state index contributed by atoms with van der Waals surface area (Å²) in [6.07, 6.45) is 0.0984. The smallest absolute Gasteiger partial charge is 0.237 e. The Morgan fingerprint density at radius 3 is 2.45 bits per heavy atom. The molecule has 4 rings (SSSR count). The number of carbonyl (C=O) groups is 2. The maximum atomic E-state index is 14.1. The predicted molar refractivity (Wildman–Crippen MR) is 118 cm³/mol. The van der Waals surface area contributed by atoms with Gasteiger partial charge in [-0.1, -0.05) is 29.8 Å². The molecule has 0 aromatic heterocycles. The van der Waals surface area contributed by atoms with Gasteiger partial charge in [-0.2, -0.15) is 0 Å². The summed E-state index contributed by atoms with van der Waals surface area (Å²) in [7, 11) is 0. The SMILES string of the molecule is O=C1NCCN(Cc2ccccc2F)[C@H]1CC(=O)N1CCN(c2ccc(Cl)cc2)CC1. The lowest BCUT2D eigenvalue weighted by molar-refractivity contribution is -0.139. The summed E-state index contributed by atoms with van der Waals surface area (Å²) in [4.78, 5) is 31.4. The molecule has 8 heteroatoms. The fourth-order valence-electron chi connectivity index (χ4n) is 4.18. The van der Waals surface area contributed by atoms with Gasteiger partial charge in [0.25, 0.3) is 0 Å². The number of amides is 2. The van der Waals surface area contributed by atoms with Crippen LogP contribution in [0, 0.1) is 5.82 Å². The minimum atomic E-state index is -0.588. The van der Waals surface area contributed by atoms with Crippen LogP contribution >= 0.6 is 11.6 Å². The summed E-state index contributed by atoms with van der Waals surface area (Å²) in [5.74, 6) is -0.510. The van der Waals surface area contributed by atoms with Crippen LogP contribution in [0.3, 0.4) is 0 Å². The van der Waals surface area contributed by atoms with Gasteiger partial charge in [0, 0.05) is 62.1 Å². The lowest BCUT2D eigenvalue weighted by atomic mass is 10.1. The molecule has 1 N–H and O–H groups in total. The molecule has 2 heterocycles. The van der Waals surface area contributed by atoms with E-state index in [2.05, 4.69) is 10.2 Å². The number of piperazine rings is 2. The maximum Gasteiger partial charge on any atom is 0.237 e. The molecule has 2 saturated heterocycles. The van der Waals surface area contributed by atoms with Crippen LogP contribution < -0.4 is 10.2 Å². The van der Waals surface area contributed by atoms with Gasteiger partial charge in [-0.05, 0) is 30.3 Å². The van der Waals surface area contributed by atoms with E-state index in [-0.39, 0.29) is 24.1 Å². The van der Waals surface area contributed by atoms with Crippen LogP contribution in [0.25, 0.3) is 0 Å². The average Bonchev–Trinajstić information content (AvgIpc) is 2.78. The van der Waals surface area contributed by atoms with E-state index in [9.17, 15) is 14.0 Å². The monoisotopic (exact) mass is 444 g/mol. The van der Waals surface area contributed by atoms with Gasteiger partial charge in [0.1, 0.15) is 5.82 Å². The first-order valence-electron chi connectivity index (χ1n) is 10.5. The van der Waals surface area contributed by atoms with Crippen molar-refractivity contribution < 1.29 is 14.0 Å². The Morgan fingerprint density at radius 2 is 1.74 bits per heavy atom. The summed E-state index contributed by atoms with van der Waals surface area (Å²) < 4.78 is 14.1. The van der Waals surface area contributed by atoms with Crippen LogP contribution in [0.2, 0.25) is 5.02 Å². The van der Waals surface area contributed by atoms with Crippen molar-refractivity contribution in [2.75, 3.05) is 44.2 Å². The molecule has 0 spiro atoms. The highest BCUT2D eigenvalue weighted by molar-refractivity contribution is 6.30. The molecule has 2 fully saturated rings. The molecule has 2 aliphatic heterocycles. The minimum absolute atomic E-state index is 0.0451. The highest BCUT2D eigenvalue weighted by Gasteiger charge is 2.34. The van der Waals surface area contributed by atoms with Gasteiger partial charge in [0.15, 0.2) is 0 Å². The average molecular weight is 445 g/mol. The van der Waals surface area contributed by atoms with Crippen molar-refractivity contribution in [1.82, 2.24) is 15.1 Å². The normalized spacial score (nSPS) is 19.9. The van der Waals surface area contributed by atoms with Crippen molar-refractivity contribution in [3.05, 3.63) is 64.9 Å². The molecule has 31 heavy (non-hydrogen) atoms. The lowest BCUT2D eigenvalue weighted by Crippen LogP contribution is -2.57. The van der Waals surface area contributed by atoms with Crippen LogP contribution in [0.5, 0.6) is 0 Å². The largest absolute Gasteiger partial charge is 0.368 e. The standard InChI is InChI=1S/C23H26ClFN4O2/c24-18-5-7-19(8-6-18)27-11-13-28(14-12-27)22(30)15-21-23(31)26-9-10-29(21)16-17-3-1-2-4-20(17)25/h1-8,21H,9-16H2,(H,26,31)/t21-/m0/s1. The highest BCUT2D eigenvalue weighted by Crippen LogP contribution is 2.21. The summed E-state index contributed by atoms with van der Waals surface area (Å²) >= 11 is 5.96. The molecule has 6 nitrogen and oxygen atoms in total. The van der Waals surface area contributed by atoms with Crippen molar-refractivity contribution >= 4 is 29.1 Å². The molecule has 0 unspecified atom stereocenters. The molecule has 0 saturated carbocycles. The molecule has 164 valence electrons. The Morgan fingerprint density at radius 1 is 1.03 bits per heavy atom. The predicted octanol–water partition coefficient (Wildman–Crippen LogP) is 2.52. The first-order valence-corrected chi connectivity index (χ1v) is 10.9. The van der Waals surface area contributed by atoms with E-state index in [0.29, 0.717) is 43.3 Å². The van der Waals surface area contributed by atoms with Gasteiger partial charge >= 0.3 is 0 Å². The summed E-state index contributed by atoms with van der Waals surface area (Å²) in [5.41, 5.74) is 1.62. The molecular weight excluding hydrogens is 419 g/mol. The van der Waals surface area contributed by atoms with E-state index < -0.39 is 6.04 Å². The quantitative estimate of drug-likeness (QED) is 0.770. The Balaban J connectivity index is 1.36. The fraction of sp³-hybridized carbons (Fsp3) is 0.391. The number of anilines is 1. The zero-order valence-corrected chi connectivity index (χ0v) is 18.0. The highest BCUT2D eigenvalue weighted by atomic mass is 35.5. The van der Waals surface area contributed by atoms with Crippen LogP contribution in [0.1, 0.15) is 12.0 Å². The van der Waals surface area contributed by atoms with E-state index >= 15 is 0 Å². The van der Waals surface area contributed by atoms with E-state index in [0.717, 1.165) is 18.8 Å². The third-order valence-corrected chi connectivity index (χ3v) is 6.22. The third kappa shape index (κ3) is 5.17. The fourth-order valence-corrected chi connectivity index (χ4v) is 4.31. The second kappa shape index (κ2) is 9.66. The number of rotatable bonds is 5. The number of nitrogens with zero attached hydrogens (tertiary/aromatic N) is 3. The molecule has 0 radical (unpaired) electrons. The molecule has 0 aliphatic carbocycles. The van der Waals surface area contributed by atoms with Crippen molar-refractivity contribution in [2.24, 2.45) is 0 Å². The summed E-state index contributed by atoms with van der Waals surface area (Å²) in [6, 6.07) is 13.7. The Hall–Kier alpha value is -2.64. The first-order chi connectivity index (χ1) is 15.0. The zero-order chi connectivity index (χ0) is 21.8. The lowest BCUT2D eigenvalue weighted by Gasteiger charge is -2.39. The van der Waals surface area contributed by atoms with Crippen molar-refractivity contribution in [1.29, 1.82) is 0 Å². The third-order valence-electron chi connectivity index (χ3n) is 5.97. The zero-order valence-electron chi connectivity index (χ0n) is 17.3. The van der Waals surface area contributed by atoms with Gasteiger partial charge < -0.3 is 15.1 Å². The first kappa shape index (κ1) is 21.6. The van der Waals surface area contributed by atoms with E-state index in [1.807, 2.05) is 34.1 Å². The molecule has 0 bridgehead atoms. The topological polar surface area (TPSA) is 55.9 Å². The number of halogens is 2. The van der Waals surface area contributed by atoms with E-state index in [4.69, 9.17) is 11.6 Å². The van der Waals surface area contributed by atoms with Crippen LogP contribution in [-0.4, -0.2) is 66.9 Å². The van der Waals surface area contributed by atoms with Crippen molar-refractivity contribution in [2.45, 2.75) is 19.0 Å². The molecule has 2 aromatic rings. The number of hydrogen-bond acceptors (Lipinski definition) is 4. The number of carbonyl (C=O) groups excluding carboxylic acids is 2. The Labute approximate surface area is 186 Å². The van der Waals surface area contributed by atoms with E-state index in [1.54, 1.807) is 18.2 Å².